The highest BCUT2D eigenvalue weighted by atomic mass is 32.2. The molecule has 0 saturated heterocycles. The van der Waals surface area contributed by atoms with Gasteiger partial charge in [-0.2, -0.15) is 0 Å². The van der Waals surface area contributed by atoms with E-state index in [2.05, 4.69) is 5.32 Å². The molecule has 1 aliphatic carbocycles. The summed E-state index contributed by atoms with van der Waals surface area (Å²) < 4.78 is 22.5. The summed E-state index contributed by atoms with van der Waals surface area (Å²) >= 11 is 0. The van der Waals surface area contributed by atoms with Crippen LogP contribution in [0.4, 0.5) is 5.69 Å². The Balaban J connectivity index is 2.03. The second kappa shape index (κ2) is 4.07. The van der Waals surface area contributed by atoms with Crippen LogP contribution in [0.2, 0.25) is 0 Å². The van der Waals surface area contributed by atoms with Gasteiger partial charge in [-0.05, 0) is 37.1 Å². The molecule has 0 spiro atoms. The van der Waals surface area contributed by atoms with E-state index in [-0.39, 0.29) is 0 Å². The lowest BCUT2D eigenvalue weighted by molar-refractivity contribution is 0.373. The molecule has 5 heteroatoms. The van der Waals surface area contributed by atoms with Crippen LogP contribution in [0.15, 0.2) is 29.2 Å². The summed E-state index contributed by atoms with van der Waals surface area (Å²) in [4.78, 5) is 0.350. The van der Waals surface area contributed by atoms with Crippen LogP contribution in [0.1, 0.15) is 12.8 Å². The summed E-state index contributed by atoms with van der Waals surface area (Å²) in [5.41, 5.74) is 6.63. The molecule has 1 fully saturated rings. The Hall–Kier alpha value is -1.07. The maximum Gasteiger partial charge on any atom is 0.175 e. The van der Waals surface area contributed by atoms with E-state index in [4.69, 9.17) is 5.73 Å². The van der Waals surface area contributed by atoms with E-state index in [1.54, 1.807) is 24.3 Å². The summed E-state index contributed by atoms with van der Waals surface area (Å²) in [5, 5.41) is 3.31. The molecule has 88 valence electrons. The molecule has 0 atom stereocenters. The van der Waals surface area contributed by atoms with Crippen molar-refractivity contribution in [3.63, 3.8) is 0 Å². The van der Waals surface area contributed by atoms with Crippen molar-refractivity contribution in [2.45, 2.75) is 29.8 Å². The van der Waals surface area contributed by atoms with Gasteiger partial charge in [0.25, 0.3) is 0 Å². The first kappa shape index (κ1) is 11.4. The minimum atomic E-state index is -3.10. The SMILES string of the molecule is CS(=O)(=O)c1ccc(NC2CC(N)C2)cc1. The first-order valence-electron chi connectivity index (χ1n) is 5.27. The highest BCUT2D eigenvalue weighted by molar-refractivity contribution is 7.90. The third-order valence-electron chi connectivity index (χ3n) is 2.83. The van der Waals surface area contributed by atoms with Crippen LogP contribution in [-0.2, 0) is 9.84 Å². The van der Waals surface area contributed by atoms with Gasteiger partial charge in [-0.15, -0.1) is 0 Å². The minimum Gasteiger partial charge on any atom is -0.382 e. The summed E-state index contributed by atoms with van der Waals surface area (Å²) in [6, 6.07) is 7.57. The standard InChI is InChI=1S/C11H16N2O2S/c1-16(14,15)11-4-2-9(3-5-11)13-10-6-8(12)7-10/h2-5,8,10,13H,6-7,12H2,1H3. The molecule has 0 radical (unpaired) electrons. The van der Waals surface area contributed by atoms with E-state index in [1.165, 1.54) is 6.26 Å². The van der Waals surface area contributed by atoms with Gasteiger partial charge in [0, 0.05) is 24.0 Å². The normalized spacial score (nSPS) is 24.9. The molecular weight excluding hydrogens is 224 g/mol. The maximum atomic E-state index is 11.2. The van der Waals surface area contributed by atoms with Crippen LogP contribution < -0.4 is 11.1 Å². The number of benzene rings is 1. The van der Waals surface area contributed by atoms with E-state index in [1.807, 2.05) is 0 Å². The van der Waals surface area contributed by atoms with Gasteiger partial charge in [-0.1, -0.05) is 0 Å². The third-order valence-corrected chi connectivity index (χ3v) is 3.96. The monoisotopic (exact) mass is 240 g/mol. The highest BCUT2D eigenvalue weighted by Crippen LogP contribution is 2.23. The van der Waals surface area contributed by atoms with Crippen molar-refractivity contribution in [2.75, 3.05) is 11.6 Å². The van der Waals surface area contributed by atoms with Gasteiger partial charge < -0.3 is 11.1 Å². The Morgan fingerprint density at radius 3 is 2.25 bits per heavy atom. The summed E-state index contributed by atoms with van der Waals surface area (Å²) in [7, 11) is -3.10. The lowest BCUT2D eigenvalue weighted by Crippen LogP contribution is -2.44. The van der Waals surface area contributed by atoms with Crippen molar-refractivity contribution in [3.8, 4) is 0 Å². The fraction of sp³-hybridized carbons (Fsp3) is 0.455. The second-order valence-corrected chi connectivity index (χ2v) is 6.39. The Morgan fingerprint density at radius 1 is 1.25 bits per heavy atom. The molecule has 1 aliphatic rings. The number of nitrogens with two attached hydrogens (primary N) is 1. The Kier molecular flexibility index (Phi) is 2.90. The predicted molar refractivity (Wildman–Crippen MR) is 64.2 cm³/mol. The molecule has 0 amide bonds. The molecule has 0 bridgehead atoms. The van der Waals surface area contributed by atoms with Gasteiger partial charge in [0.05, 0.1) is 4.90 Å². The zero-order valence-corrected chi connectivity index (χ0v) is 10.00. The molecule has 1 saturated carbocycles. The zero-order valence-electron chi connectivity index (χ0n) is 9.18. The van der Waals surface area contributed by atoms with Crippen molar-refractivity contribution in [3.05, 3.63) is 24.3 Å². The number of hydrogen-bond acceptors (Lipinski definition) is 4. The molecule has 0 aliphatic heterocycles. The lowest BCUT2D eigenvalue weighted by atomic mass is 9.87. The molecule has 16 heavy (non-hydrogen) atoms. The predicted octanol–water partition coefficient (Wildman–Crippen LogP) is 0.992. The lowest BCUT2D eigenvalue weighted by Gasteiger charge is -2.33. The van der Waals surface area contributed by atoms with E-state index in [0.717, 1.165) is 18.5 Å². The number of rotatable bonds is 3. The fourth-order valence-electron chi connectivity index (χ4n) is 1.81. The third kappa shape index (κ3) is 2.54. The molecular formula is C11H16N2O2S. The fourth-order valence-corrected chi connectivity index (χ4v) is 2.44. The summed E-state index contributed by atoms with van der Waals surface area (Å²) in [6.45, 7) is 0. The number of anilines is 1. The van der Waals surface area contributed by atoms with E-state index >= 15 is 0 Å². The van der Waals surface area contributed by atoms with E-state index in [9.17, 15) is 8.42 Å². The van der Waals surface area contributed by atoms with Crippen LogP contribution in [0.3, 0.4) is 0 Å². The van der Waals surface area contributed by atoms with Gasteiger partial charge in [-0.25, -0.2) is 8.42 Å². The highest BCUT2D eigenvalue weighted by Gasteiger charge is 2.25. The van der Waals surface area contributed by atoms with Crippen LogP contribution in [-0.4, -0.2) is 26.8 Å². The Labute approximate surface area is 95.8 Å². The zero-order chi connectivity index (χ0) is 11.8. The minimum absolute atomic E-state index is 0.313. The average molecular weight is 240 g/mol. The van der Waals surface area contributed by atoms with Gasteiger partial charge >= 0.3 is 0 Å². The first-order chi connectivity index (χ1) is 7.45. The molecule has 4 nitrogen and oxygen atoms in total. The molecule has 1 aromatic rings. The molecule has 0 unspecified atom stereocenters. The molecule has 1 aromatic carbocycles. The summed E-state index contributed by atoms with van der Waals surface area (Å²) in [6.07, 6.45) is 3.17. The maximum absolute atomic E-state index is 11.2. The molecule has 3 N–H and O–H groups in total. The van der Waals surface area contributed by atoms with Crippen LogP contribution in [0.25, 0.3) is 0 Å². The van der Waals surface area contributed by atoms with Crippen molar-refractivity contribution >= 4 is 15.5 Å². The Morgan fingerprint density at radius 2 is 1.81 bits per heavy atom. The van der Waals surface area contributed by atoms with Gasteiger partial charge in [0.1, 0.15) is 0 Å². The quantitative estimate of drug-likeness (QED) is 0.826. The van der Waals surface area contributed by atoms with Crippen LogP contribution >= 0.6 is 0 Å². The van der Waals surface area contributed by atoms with Crippen LogP contribution in [0, 0.1) is 0 Å². The smallest absolute Gasteiger partial charge is 0.175 e. The largest absolute Gasteiger partial charge is 0.382 e. The van der Waals surface area contributed by atoms with Crippen molar-refractivity contribution < 1.29 is 8.42 Å². The van der Waals surface area contributed by atoms with Crippen molar-refractivity contribution in [1.29, 1.82) is 0 Å². The number of sulfone groups is 1. The summed E-state index contributed by atoms with van der Waals surface area (Å²) in [5.74, 6) is 0. The average Bonchev–Trinajstić information content (AvgIpc) is 2.15. The van der Waals surface area contributed by atoms with Crippen LogP contribution in [0.5, 0.6) is 0 Å². The van der Waals surface area contributed by atoms with Gasteiger partial charge in [-0.3, -0.25) is 0 Å². The molecule has 2 rings (SSSR count). The molecule has 0 aromatic heterocycles. The van der Waals surface area contributed by atoms with Crippen molar-refractivity contribution in [2.24, 2.45) is 5.73 Å². The van der Waals surface area contributed by atoms with Gasteiger partial charge in [0.2, 0.25) is 0 Å². The molecule has 0 heterocycles. The van der Waals surface area contributed by atoms with E-state index in [0.29, 0.717) is 17.0 Å². The number of nitrogens with one attached hydrogen (secondary N) is 1. The van der Waals surface area contributed by atoms with E-state index < -0.39 is 9.84 Å². The number of hydrogen-bond donors (Lipinski definition) is 2. The van der Waals surface area contributed by atoms with Crippen molar-refractivity contribution in [1.82, 2.24) is 0 Å². The first-order valence-corrected chi connectivity index (χ1v) is 7.16. The Bertz CT molecular complexity index is 461. The van der Waals surface area contributed by atoms with Gasteiger partial charge in [0.15, 0.2) is 9.84 Å². The topological polar surface area (TPSA) is 72.2 Å². The second-order valence-electron chi connectivity index (χ2n) is 4.37.